The number of Topliss-reactive ketones (excluding diaryl/α,β-unsaturated/α-hetero) is 1. The number of ketones is 1. The third-order valence-corrected chi connectivity index (χ3v) is 6.43. The standard InChI is InChI=1S/C22H29N3O3S/c26-21(22-23-7-15-29-22)17-25-9-2-6-20(25)18-4-1-5-19(16-18)28-12-3-8-24-10-13-27-14-11-24/h1,4-5,7,15-16,20H,2-3,6,8-14,17H2. The first-order valence-corrected chi connectivity index (χ1v) is 11.4. The third-order valence-electron chi connectivity index (χ3n) is 5.62. The number of likely N-dealkylation sites (tertiary alicyclic amines) is 1. The molecule has 6 nitrogen and oxygen atoms in total. The summed E-state index contributed by atoms with van der Waals surface area (Å²) in [6.45, 7) is 6.88. The van der Waals surface area contributed by atoms with E-state index in [1.54, 1.807) is 6.20 Å². The lowest BCUT2D eigenvalue weighted by atomic mass is 10.0. The van der Waals surface area contributed by atoms with Gasteiger partial charge >= 0.3 is 0 Å². The number of ether oxygens (including phenoxy) is 2. The third kappa shape index (κ3) is 5.63. The van der Waals surface area contributed by atoms with Crippen LogP contribution in [0.4, 0.5) is 0 Å². The molecule has 0 N–H and O–H groups in total. The van der Waals surface area contributed by atoms with E-state index in [-0.39, 0.29) is 11.8 Å². The number of morpholine rings is 1. The van der Waals surface area contributed by atoms with Gasteiger partial charge in [0.15, 0.2) is 5.01 Å². The Morgan fingerprint density at radius 1 is 1.28 bits per heavy atom. The highest BCUT2D eigenvalue weighted by atomic mass is 32.1. The minimum Gasteiger partial charge on any atom is -0.494 e. The van der Waals surface area contributed by atoms with Crippen LogP contribution in [-0.4, -0.2) is 73.1 Å². The molecular formula is C22H29N3O3S. The molecule has 2 aliphatic heterocycles. The van der Waals surface area contributed by atoms with Gasteiger partial charge in [0.25, 0.3) is 0 Å². The van der Waals surface area contributed by atoms with Crippen molar-refractivity contribution >= 4 is 17.1 Å². The van der Waals surface area contributed by atoms with E-state index in [0.29, 0.717) is 11.6 Å². The lowest BCUT2D eigenvalue weighted by molar-refractivity contribution is 0.0358. The van der Waals surface area contributed by atoms with Gasteiger partial charge in [0, 0.05) is 37.3 Å². The minimum absolute atomic E-state index is 0.113. The topological polar surface area (TPSA) is 54.9 Å². The monoisotopic (exact) mass is 415 g/mol. The van der Waals surface area contributed by atoms with Gasteiger partial charge < -0.3 is 9.47 Å². The Balaban J connectivity index is 1.29. The van der Waals surface area contributed by atoms with Gasteiger partial charge in [-0.3, -0.25) is 14.6 Å². The number of hydrogen-bond donors (Lipinski definition) is 0. The molecule has 4 rings (SSSR count). The van der Waals surface area contributed by atoms with Crippen molar-refractivity contribution in [1.29, 1.82) is 0 Å². The maximum absolute atomic E-state index is 12.5. The Morgan fingerprint density at radius 2 is 2.17 bits per heavy atom. The number of benzene rings is 1. The smallest absolute Gasteiger partial charge is 0.205 e. The summed E-state index contributed by atoms with van der Waals surface area (Å²) in [7, 11) is 0. The van der Waals surface area contributed by atoms with Crippen molar-refractivity contribution in [3.8, 4) is 5.75 Å². The number of rotatable bonds is 9. The molecule has 1 aromatic heterocycles. The number of carbonyl (C=O) groups excluding carboxylic acids is 1. The number of carbonyl (C=O) groups is 1. The summed E-state index contributed by atoms with van der Waals surface area (Å²) in [6, 6.07) is 8.66. The Kier molecular flexibility index (Phi) is 7.27. The van der Waals surface area contributed by atoms with E-state index in [4.69, 9.17) is 9.47 Å². The lowest BCUT2D eigenvalue weighted by Crippen LogP contribution is -2.37. The Bertz CT molecular complexity index is 777. The molecule has 2 aliphatic rings. The van der Waals surface area contributed by atoms with Crippen LogP contribution < -0.4 is 4.74 Å². The molecular weight excluding hydrogens is 386 g/mol. The molecule has 2 saturated heterocycles. The van der Waals surface area contributed by atoms with Crippen molar-refractivity contribution in [2.24, 2.45) is 0 Å². The first-order chi connectivity index (χ1) is 14.3. The molecule has 0 spiro atoms. The molecule has 0 aliphatic carbocycles. The largest absolute Gasteiger partial charge is 0.494 e. The summed E-state index contributed by atoms with van der Waals surface area (Å²) in [5, 5.41) is 2.46. The van der Waals surface area contributed by atoms with Crippen LogP contribution >= 0.6 is 11.3 Å². The second-order valence-corrected chi connectivity index (χ2v) is 8.51. The van der Waals surface area contributed by atoms with E-state index in [1.807, 2.05) is 11.4 Å². The molecule has 0 saturated carbocycles. The number of hydrogen-bond acceptors (Lipinski definition) is 7. The Morgan fingerprint density at radius 3 is 3.00 bits per heavy atom. The van der Waals surface area contributed by atoms with Crippen LogP contribution in [0.15, 0.2) is 35.8 Å². The molecule has 7 heteroatoms. The predicted molar refractivity (Wildman–Crippen MR) is 114 cm³/mol. The zero-order valence-corrected chi connectivity index (χ0v) is 17.6. The van der Waals surface area contributed by atoms with Gasteiger partial charge in [-0.05, 0) is 43.5 Å². The molecule has 2 aromatic rings. The van der Waals surface area contributed by atoms with Gasteiger partial charge in [-0.1, -0.05) is 12.1 Å². The number of nitrogens with zero attached hydrogens (tertiary/aromatic N) is 3. The van der Waals surface area contributed by atoms with Crippen molar-refractivity contribution in [1.82, 2.24) is 14.8 Å². The second-order valence-electron chi connectivity index (χ2n) is 7.62. The van der Waals surface area contributed by atoms with Crippen LogP contribution in [-0.2, 0) is 4.74 Å². The molecule has 156 valence electrons. The van der Waals surface area contributed by atoms with Crippen molar-refractivity contribution in [2.45, 2.75) is 25.3 Å². The lowest BCUT2D eigenvalue weighted by Gasteiger charge is -2.26. The van der Waals surface area contributed by atoms with Crippen molar-refractivity contribution in [2.75, 3.05) is 52.5 Å². The van der Waals surface area contributed by atoms with Gasteiger partial charge in [0.2, 0.25) is 5.78 Å². The number of aromatic nitrogens is 1. The van der Waals surface area contributed by atoms with Crippen molar-refractivity contribution in [3.63, 3.8) is 0 Å². The maximum Gasteiger partial charge on any atom is 0.205 e. The fourth-order valence-electron chi connectivity index (χ4n) is 4.12. The molecule has 0 amide bonds. The predicted octanol–water partition coefficient (Wildman–Crippen LogP) is 3.26. The van der Waals surface area contributed by atoms with Gasteiger partial charge in [-0.15, -0.1) is 11.3 Å². The highest BCUT2D eigenvalue weighted by molar-refractivity contribution is 7.11. The average Bonchev–Trinajstić information content (AvgIpc) is 3.44. The molecule has 29 heavy (non-hydrogen) atoms. The van der Waals surface area contributed by atoms with Gasteiger partial charge in [0.1, 0.15) is 5.75 Å². The number of thiazole rings is 1. The molecule has 2 fully saturated rings. The first-order valence-electron chi connectivity index (χ1n) is 10.5. The highest BCUT2D eigenvalue weighted by Crippen LogP contribution is 2.33. The normalized spacial score (nSPS) is 20.8. The zero-order chi connectivity index (χ0) is 19.9. The molecule has 1 atom stereocenters. The van der Waals surface area contributed by atoms with Gasteiger partial charge in [0.05, 0.1) is 26.4 Å². The SMILES string of the molecule is O=C(CN1CCCC1c1cccc(OCCCN2CCOCC2)c1)c1nccs1. The summed E-state index contributed by atoms with van der Waals surface area (Å²) in [5.41, 5.74) is 1.24. The summed E-state index contributed by atoms with van der Waals surface area (Å²) >= 11 is 1.42. The van der Waals surface area contributed by atoms with Crippen LogP contribution in [0.3, 0.4) is 0 Å². The summed E-state index contributed by atoms with van der Waals surface area (Å²) in [4.78, 5) is 21.3. The van der Waals surface area contributed by atoms with E-state index in [1.165, 1.54) is 16.9 Å². The molecule has 1 unspecified atom stereocenters. The Hall–Kier alpha value is -1.80. The van der Waals surface area contributed by atoms with E-state index >= 15 is 0 Å². The van der Waals surface area contributed by atoms with Crippen molar-refractivity contribution in [3.05, 3.63) is 46.4 Å². The molecule has 0 radical (unpaired) electrons. The molecule has 1 aromatic carbocycles. The van der Waals surface area contributed by atoms with Crippen LogP contribution in [0, 0.1) is 0 Å². The second kappa shape index (κ2) is 10.3. The van der Waals surface area contributed by atoms with Crippen LogP contribution in [0.2, 0.25) is 0 Å². The molecule has 0 bridgehead atoms. The summed E-state index contributed by atoms with van der Waals surface area (Å²) in [6.07, 6.45) is 4.90. The van der Waals surface area contributed by atoms with Crippen molar-refractivity contribution < 1.29 is 14.3 Å². The van der Waals surface area contributed by atoms with E-state index < -0.39 is 0 Å². The summed E-state index contributed by atoms with van der Waals surface area (Å²) in [5.74, 6) is 1.03. The molecule has 3 heterocycles. The van der Waals surface area contributed by atoms with E-state index in [2.05, 4.69) is 33.0 Å². The quantitative estimate of drug-likeness (QED) is 0.463. The maximum atomic E-state index is 12.5. The van der Waals surface area contributed by atoms with E-state index in [9.17, 15) is 4.79 Å². The van der Waals surface area contributed by atoms with Gasteiger partial charge in [-0.25, -0.2) is 4.98 Å². The first kappa shape index (κ1) is 20.5. The van der Waals surface area contributed by atoms with Crippen LogP contribution in [0.1, 0.15) is 40.7 Å². The Labute approximate surface area is 176 Å². The fraction of sp³-hybridized carbons (Fsp3) is 0.545. The fourth-order valence-corrected chi connectivity index (χ4v) is 4.69. The van der Waals surface area contributed by atoms with E-state index in [0.717, 1.165) is 71.0 Å². The van der Waals surface area contributed by atoms with Crippen LogP contribution in [0.5, 0.6) is 5.75 Å². The van der Waals surface area contributed by atoms with Crippen LogP contribution in [0.25, 0.3) is 0 Å². The highest BCUT2D eigenvalue weighted by Gasteiger charge is 2.28. The summed E-state index contributed by atoms with van der Waals surface area (Å²) < 4.78 is 11.4. The van der Waals surface area contributed by atoms with Gasteiger partial charge in [-0.2, -0.15) is 0 Å². The minimum atomic E-state index is 0.113. The zero-order valence-electron chi connectivity index (χ0n) is 16.8. The average molecular weight is 416 g/mol.